The van der Waals surface area contributed by atoms with Gasteiger partial charge in [-0.15, -0.1) is 0 Å². The van der Waals surface area contributed by atoms with Crippen LogP contribution in [0.25, 0.3) is 10.9 Å². The third-order valence-corrected chi connectivity index (χ3v) is 2.74. The van der Waals surface area contributed by atoms with Gasteiger partial charge in [0.25, 0.3) is 0 Å². The molecule has 0 saturated heterocycles. The molecule has 0 amide bonds. The van der Waals surface area contributed by atoms with Crippen molar-refractivity contribution in [2.45, 2.75) is 5.92 Å². The Labute approximate surface area is 91.3 Å². The molecule has 4 heteroatoms. The van der Waals surface area contributed by atoms with Gasteiger partial charge in [-0.25, -0.2) is 0 Å². The molecule has 0 fully saturated rings. The van der Waals surface area contributed by atoms with Crippen molar-refractivity contribution in [3.8, 4) is 0 Å². The number of carboxylic acids is 1. The zero-order valence-electron chi connectivity index (χ0n) is 8.29. The zero-order chi connectivity index (χ0) is 11.1. The first-order valence-electron chi connectivity index (χ1n) is 4.92. The van der Waals surface area contributed by atoms with Crippen molar-refractivity contribution in [3.63, 3.8) is 0 Å². The SMILES string of the molecule is O=C(O)C1C=Nc2cnc3ccccc3c21. The van der Waals surface area contributed by atoms with Crippen LogP contribution in [0.1, 0.15) is 11.5 Å². The van der Waals surface area contributed by atoms with Crippen molar-refractivity contribution in [3.05, 3.63) is 36.0 Å². The van der Waals surface area contributed by atoms with Gasteiger partial charge in [-0.3, -0.25) is 14.8 Å². The summed E-state index contributed by atoms with van der Waals surface area (Å²) in [4.78, 5) is 19.4. The number of para-hydroxylation sites is 1. The van der Waals surface area contributed by atoms with Gasteiger partial charge in [0, 0.05) is 17.2 Å². The lowest BCUT2D eigenvalue weighted by Crippen LogP contribution is -2.10. The van der Waals surface area contributed by atoms with Gasteiger partial charge in [0.2, 0.25) is 0 Å². The van der Waals surface area contributed by atoms with Gasteiger partial charge in [-0.05, 0) is 6.07 Å². The van der Waals surface area contributed by atoms with Crippen LogP contribution in [0.3, 0.4) is 0 Å². The van der Waals surface area contributed by atoms with Crippen molar-refractivity contribution in [1.82, 2.24) is 4.98 Å². The minimum Gasteiger partial charge on any atom is -0.481 e. The van der Waals surface area contributed by atoms with E-state index < -0.39 is 11.9 Å². The average Bonchev–Trinajstić information content (AvgIpc) is 2.73. The number of carbonyl (C=O) groups is 1. The summed E-state index contributed by atoms with van der Waals surface area (Å²) in [5.41, 5.74) is 2.21. The maximum absolute atomic E-state index is 11.1. The number of nitrogens with zero attached hydrogens (tertiary/aromatic N) is 2. The molecule has 4 nitrogen and oxygen atoms in total. The highest BCUT2D eigenvalue weighted by Gasteiger charge is 2.27. The second-order valence-corrected chi connectivity index (χ2v) is 3.67. The predicted molar refractivity (Wildman–Crippen MR) is 60.3 cm³/mol. The second kappa shape index (κ2) is 3.13. The fourth-order valence-electron chi connectivity index (χ4n) is 2.00. The van der Waals surface area contributed by atoms with Crippen molar-refractivity contribution < 1.29 is 9.90 Å². The number of hydrogen-bond donors (Lipinski definition) is 1. The van der Waals surface area contributed by atoms with Crippen LogP contribution >= 0.6 is 0 Å². The number of aromatic nitrogens is 1. The van der Waals surface area contributed by atoms with E-state index >= 15 is 0 Å². The molecule has 3 rings (SSSR count). The highest BCUT2D eigenvalue weighted by atomic mass is 16.4. The number of aliphatic imine (C=N–C) groups is 1. The molecule has 0 radical (unpaired) electrons. The standard InChI is InChI=1S/C12H8N2O2/c15-12(16)8-5-13-10-6-14-9-4-2-1-3-7(9)11(8)10/h1-6,8H,(H,15,16). The molecule has 1 aromatic carbocycles. The number of fused-ring (bicyclic) bond motifs is 3. The lowest BCUT2D eigenvalue weighted by Gasteiger charge is -2.07. The molecule has 1 N–H and O–H groups in total. The number of rotatable bonds is 1. The van der Waals surface area contributed by atoms with Crippen LogP contribution in [0.4, 0.5) is 5.69 Å². The maximum Gasteiger partial charge on any atom is 0.316 e. The summed E-state index contributed by atoms with van der Waals surface area (Å²) in [5, 5.41) is 9.97. The number of benzene rings is 1. The largest absolute Gasteiger partial charge is 0.481 e. The monoisotopic (exact) mass is 212 g/mol. The molecule has 1 aromatic heterocycles. The highest BCUT2D eigenvalue weighted by molar-refractivity contribution is 6.05. The van der Waals surface area contributed by atoms with Crippen LogP contribution in [-0.4, -0.2) is 22.3 Å². The van der Waals surface area contributed by atoms with Gasteiger partial charge in [0.15, 0.2) is 0 Å². The van der Waals surface area contributed by atoms with Gasteiger partial charge in [0.05, 0.1) is 17.4 Å². The zero-order valence-corrected chi connectivity index (χ0v) is 8.29. The number of hydrogen-bond acceptors (Lipinski definition) is 3. The van der Waals surface area contributed by atoms with Gasteiger partial charge in [0.1, 0.15) is 5.92 Å². The van der Waals surface area contributed by atoms with E-state index in [1.54, 1.807) is 6.20 Å². The molecule has 2 heterocycles. The Bertz CT molecular complexity index is 619. The molecule has 0 bridgehead atoms. The Morgan fingerprint density at radius 2 is 2.12 bits per heavy atom. The minimum absolute atomic E-state index is 0.650. The number of pyridine rings is 1. The van der Waals surface area contributed by atoms with Crippen molar-refractivity contribution in [1.29, 1.82) is 0 Å². The first-order valence-corrected chi connectivity index (χ1v) is 4.92. The molecule has 0 aliphatic carbocycles. The van der Waals surface area contributed by atoms with E-state index in [2.05, 4.69) is 9.98 Å². The molecule has 1 atom stereocenters. The first kappa shape index (κ1) is 9.03. The molecule has 78 valence electrons. The Hall–Kier alpha value is -2.23. The Kier molecular flexibility index (Phi) is 1.77. The van der Waals surface area contributed by atoms with Gasteiger partial charge in [-0.2, -0.15) is 0 Å². The lowest BCUT2D eigenvalue weighted by molar-refractivity contribution is -0.136. The first-order chi connectivity index (χ1) is 7.77. The van der Waals surface area contributed by atoms with Gasteiger partial charge >= 0.3 is 5.97 Å². The molecule has 16 heavy (non-hydrogen) atoms. The predicted octanol–water partition coefficient (Wildman–Crippen LogP) is 2.12. The van der Waals surface area contributed by atoms with E-state index in [9.17, 15) is 4.79 Å². The quantitative estimate of drug-likeness (QED) is 0.787. The summed E-state index contributed by atoms with van der Waals surface area (Å²) < 4.78 is 0. The summed E-state index contributed by atoms with van der Waals surface area (Å²) in [7, 11) is 0. The fraction of sp³-hybridized carbons (Fsp3) is 0.0833. The van der Waals surface area contributed by atoms with E-state index in [-0.39, 0.29) is 0 Å². The lowest BCUT2D eigenvalue weighted by atomic mass is 9.97. The average molecular weight is 212 g/mol. The fourth-order valence-corrected chi connectivity index (χ4v) is 2.00. The molecule has 2 aromatic rings. The highest BCUT2D eigenvalue weighted by Crippen LogP contribution is 2.36. The van der Waals surface area contributed by atoms with Crippen LogP contribution in [0, 0.1) is 0 Å². The number of carboxylic acid groups (broad SMARTS) is 1. The topological polar surface area (TPSA) is 62.5 Å². The summed E-state index contributed by atoms with van der Waals surface area (Å²) in [6.07, 6.45) is 3.08. The molecule has 0 saturated carbocycles. The molecule has 1 aliphatic heterocycles. The molecular formula is C12H8N2O2. The van der Waals surface area contributed by atoms with Crippen molar-refractivity contribution >= 4 is 28.8 Å². The van der Waals surface area contributed by atoms with E-state index in [1.807, 2.05) is 24.3 Å². The van der Waals surface area contributed by atoms with Crippen LogP contribution in [0.15, 0.2) is 35.5 Å². The normalized spacial score (nSPS) is 17.6. The van der Waals surface area contributed by atoms with E-state index in [1.165, 1.54) is 6.21 Å². The smallest absolute Gasteiger partial charge is 0.316 e. The molecular weight excluding hydrogens is 204 g/mol. The molecule has 1 unspecified atom stereocenters. The maximum atomic E-state index is 11.1. The molecule has 0 spiro atoms. The summed E-state index contributed by atoms with van der Waals surface area (Å²) >= 11 is 0. The van der Waals surface area contributed by atoms with Crippen LogP contribution in [0.5, 0.6) is 0 Å². The van der Waals surface area contributed by atoms with Crippen LogP contribution < -0.4 is 0 Å². The van der Waals surface area contributed by atoms with Crippen molar-refractivity contribution in [2.24, 2.45) is 4.99 Å². The van der Waals surface area contributed by atoms with E-state index in [0.717, 1.165) is 16.5 Å². The van der Waals surface area contributed by atoms with E-state index in [0.29, 0.717) is 5.69 Å². The van der Waals surface area contributed by atoms with Crippen LogP contribution in [0.2, 0.25) is 0 Å². The van der Waals surface area contributed by atoms with Crippen LogP contribution in [-0.2, 0) is 4.79 Å². The van der Waals surface area contributed by atoms with Crippen molar-refractivity contribution in [2.75, 3.05) is 0 Å². The summed E-state index contributed by atoms with van der Waals surface area (Å²) in [5.74, 6) is -1.53. The van der Waals surface area contributed by atoms with Gasteiger partial charge in [-0.1, -0.05) is 18.2 Å². The third kappa shape index (κ3) is 1.13. The Morgan fingerprint density at radius 1 is 1.31 bits per heavy atom. The van der Waals surface area contributed by atoms with Gasteiger partial charge < -0.3 is 5.11 Å². The summed E-state index contributed by atoms with van der Waals surface area (Å²) in [6.45, 7) is 0. The third-order valence-electron chi connectivity index (χ3n) is 2.74. The summed E-state index contributed by atoms with van der Waals surface area (Å²) in [6, 6.07) is 7.51. The Balaban J connectivity index is 2.35. The number of aliphatic carboxylic acids is 1. The Morgan fingerprint density at radius 3 is 2.94 bits per heavy atom. The minimum atomic E-state index is -0.876. The second-order valence-electron chi connectivity index (χ2n) is 3.67. The molecule has 1 aliphatic rings. The van der Waals surface area contributed by atoms with E-state index in [4.69, 9.17) is 5.11 Å².